The molecule has 0 amide bonds. The van der Waals surface area contributed by atoms with Gasteiger partial charge in [0.15, 0.2) is 5.78 Å². The van der Waals surface area contributed by atoms with Crippen LogP contribution in [0.1, 0.15) is 42.1 Å². The number of fused-ring (bicyclic) bond motifs is 1. The average molecular weight is 316 g/mol. The smallest absolute Gasteiger partial charge is 0.306 e. The number of carboxylic acids is 1. The Hall–Kier alpha value is -1.88. The van der Waals surface area contributed by atoms with Crippen molar-refractivity contribution in [3.8, 4) is 0 Å². The Bertz CT molecular complexity index is 606. The van der Waals surface area contributed by atoms with E-state index in [1.54, 1.807) is 0 Å². The third kappa shape index (κ3) is 3.24. The largest absolute Gasteiger partial charge is 0.481 e. The quantitative estimate of drug-likeness (QED) is 0.817. The monoisotopic (exact) mass is 316 g/mol. The zero-order valence-electron chi connectivity index (χ0n) is 13.5. The molecule has 0 aliphatic carbocycles. The molecule has 2 aliphatic heterocycles. The van der Waals surface area contributed by atoms with Crippen molar-refractivity contribution in [2.45, 2.75) is 38.6 Å². The van der Waals surface area contributed by atoms with Gasteiger partial charge in [-0.05, 0) is 62.5 Å². The molecule has 1 aromatic carbocycles. The lowest BCUT2D eigenvalue weighted by molar-refractivity contribution is -0.143. The van der Waals surface area contributed by atoms with E-state index in [1.165, 1.54) is 5.56 Å². The second-order valence-corrected chi connectivity index (χ2v) is 6.49. The molecular weight excluding hydrogens is 292 g/mol. The first-order chi connectivity index (χ1) is 11.1. The van der Waals surface area contributed by atoms with Crippen LogP contribution in [0, 0.1) is 5.92 Å². The maximum atomic E-state index is 12.9. The minimum Gasteiger partial charge on any atom is -0.481 e. The number of piperidine rings is 1. The highest BCUT2D eigenvalue weighted by Gasteiger charge is 2.31. The highest BCUT2D eigenvalue weighted by atomic mass is 16.4. The third-order valence-electron chi connectivity index (χ3n) is 5.11. The van der Waals surface area contributed by atoms with Gasteiger partial charge in [-0.3, -0.25) is 14.5 Å². The number of anilines is 1. The van der Waals surface area contributed by atoms with Crippen molar-refractivity contribution in [2.24, 2.45) is 5.92 Å². The third-order valence-corrected chi connectivity index (χ3v) is 5.11. The number of nitrogens with one attached hydrogen (secondary N) is 1. The van der Waals surface area contributed by atoms with E-state index < -0.39 is 5.97 Å². The van der Waals surface area contributed by atoms with E-state index in [9.17, 15) is 9.59 Å². The topological polar surface area (TPSA) is 69.6 Å². The van der Waals surface area contributed by atoms with Crippen molar-refractivity contribution in [1.82, 2.24) is 4.90 Å². The summed E-state index contributed by atoms with van der Waals surface area (Å²) in [7, 11) is 0. The zero-order chi connectivity index (χ0) is 16.4. The van der Waals surface area contributed by atoms with E-state index in [4.69, 9.17) is 5.11 Å². The fourth-order valence-corrected chi connectivity index (χ4v) is 3.72. The fraction of sp³-hybridized carbons (Fsp3) is 0.556. The molecule has 0 bridgehead atoms. The van der Waals surface area contributed by atoms with Gasteiger partial charge < -0.3 is 10.4 Å². The van der Waals surface area contributed by atoms with Crippen molar-refractivity contribution in [3.63, 3.8) is 0 Å². The van der Waals surface area contributed by atoms with Crippen LogP contribution in [-0.2, 0) is 11.2 Å². The number of benzene rings is 1. The zero-order valence-corrected chi connectivity index (χ0v) is 13.5. The van der Waals surface area contributed by atoms with E-state index in [-0.39, 0.29) is 17.7 Å². The molecule has 0 aromatic heterocycles. The number of hydrogen-bond donors (Lipinski definition) is 2. The van der Waals surface area contributed by atoms with Crippen LogP contribution < -0.4 is 5.32 Å². The lowest BCUT2D eigenvalue weighted by Crippen LogP contribution is -2.46. The first-order valence-electron chi connectivity index (χ1n) is 8.48. The molecule has 2 N–H and O–H groups in total. The van der Waals surface area contributed by atoms with E-state index >= 15 is 0 Å². The van der Waals surface area contributed by atoms with Gasteiger partial charge in [0.1, 0.15) is 0 Å². The number of ketones is 1. The second-order valence-electron chi connectivity index (χ2n) is 6.49. The van der Waals surface area contributed by atoms with Crippen LogP contribution in [0.25, 0.3) is 0 Å². The second kappa shape index (κ2) is 6.71. The van der Waals surface area contributed by atoms with E-state index in [0.29, 0.717) is 25.9 Å². The van der Waals surface area contributed by atoms with E-state index in [0.717, 1.165) is 30.6 Å². The number of likely N-dealkylation sites (tertiary alicyclic amines) is 1. The highest BCUT2D eigenvalue weighted by Crippen LogP contribution is 2.26. The van der Waals surface area contributed by atoms with Crippen LogP contribution >= 0.6 is 0 Å². The van der Waals surface area contributed by atoms with Crippen molar-refractivity contribution < 1.29 is 14.7 Å². The molecule has 1 aromatic rings. The lowest BCUT2D eigenvalue weighted by Gasteiger charge is -2.35. The summed E-state index contributed by atoms with van der Waals surface area (Å²) in [6.45, 7) is 4.34. The Morgan fingerprint density at radius 1 is 1.35 bits per heavy atom. The number of carbonyl (C=O) groups is 2. The van der Waals surface area contributed by atoms with Crippen molar-refractivity contribution in [1.29, 1.82) is 0 Å². The SMILES string of the molecule is CCC(C(=O)c1ccc2c(c1)CCN2)N1CCC(C(=O)O)CC1. The maximum absolute atomic E-state index is 12.9. The Kier molecular flexibility index (Phi) is 4.66. The molecule has 23 heavy (non-hydrogen) atoms. The summed E-state index contributed by atoms with van der Waals surface area (Å²) in [5, 5.41) is 12.4. The Morgan fingerprint density at radius 3 is 2.74 bits per heavy atom. The van der Waals surface area contributed by atoms with Crippen molar-refractivity contribution in [2.75, 3.05) is 25.0 Å². The van der Waals surface area contributed by atoms with Gasteiger partial charge in [0.2, 0.25) is 0 Å². The van der Waals surface area contributed by atoms with Gasteiger partial charge in [0.25, 0.3) is 0 Å². The molecule has 3 rings (SSSR count). The molecule has 2 aliphatic rings. The highest BCUT2D eigenvalue weighted by molar-refractivity contribution is 6.00. The first-order valence-corrected chi connectivity index (χ1v) is 8.48. The minimum atomic E-state index is -0.713. The van der Waals surface area contributed by atoms with Gasteiger partial charge in [-0.15, -0.1) is 0 Å². The van der Waals surface area contributed by atoms with Gasteiger partial charge in [-0.1, -0.05) is 6.92 Å². The summed E-state index contributed by atoms with van der Waals surface area (Å²) in [5.74, 6) is -0.809. The lowest BCUT2D eigenvalue weighted by atomic mass is 9.92. The van der Waals surface area contributed by atoms with Crippen LogP contribution in [0.2, 0.25) is 0 Å². The number of nitrogens with zero attached hydrogens (tertiary/aromatic N) is 1. The summed E-state index contributed by atoms with van der Waals surface area (Å²) in [6.07, 6.45) is 2.99. The molecule has 1 fully saturated rings. The summed E-state index contributed by atoms with van der Waals surface area (Å²) in [5.41, 5.74) is 3.13. The Balaban J connectivity index is 1.71. The number of aliphatic carboxylic acids is 1. The molecule has 0 radical (unpaired) electrons. The van der Waals surface area contributed by atoms with Crippen LogP contribution in [0.3, 0.4) is 0 Å². The molecule has 5 heteroatoms. The summed E-state index contributed by atoms with van der Waals surface area (Å²) >= 11 is 0. The molecule has 1 unspecified atom stereocenters. The van der Waals surface area contributed by atoms with Crippen LogP contribution in [-0.4, -0.2) is 47.4 Å². The molecular formula is C18H24N2O3. The van der Waals surface area contributed by atoms with Crippen LogP contribution in [0.15, 0.2) is 18.2 Å². The van der Waals surface area contributed by atoms with Gasteiger partial charge in [-0.25, -0.2) is 0 Å². The molecule has 0 saturated carbocycles. The standard InChI is InChI=1S/C18H24N2O3/c1-2-16(20-9-6-12(7-10-20)18(22)23)17(21)14-3-4-15-13(11-14)5-8-19-15/h3-4,11-12,16,19H,2,5-10H2,1H3,(H,22,23). The number of carboxylic acid groups (broad SMARTS) is 1. The van der Waals surface area contributed by atoms with E-state index in [1.807, 2.05) is 25.1 Å². The van der Waals surface area contributed by atoms with Crippen LogP contribution in [0.4, 0.5) is 5.69 Å². The summed E-state index contributed by atoms with van der Waals surface area (Å²) in [4.78, 5) is 26.1. The Morgan fingerprint density at radius 2 is 2.09 bits per heavy atom. The fourth-order valence-electron chi connectivity index (χ4n) is 3.72. The van der Waals surface area contributed by atoms with Crippen molar-refractivity contribution >= 4 is 17.4 Å². The normalized spacial score (nSPS) is 19.9. The number of hydrogen-bond acceptors (Lipinski definition) is 4. The molecule has 2 heterocycles. The molecule has 0 spiro atoms. The molecule has 1 saturated heterocycles. The molecule has 5 nitrogen and oxygen atoms in total. The van der Waals surface area contributed by atoms with Gasteiger partial charge in [0, 0.05) is 17.8 Å². The Labute approximate surface area is 136 Å². The average Bonchev–Trinajstić information content (AvgIpc) is 3.03. The van der Waals surface area contributed by atoms with Gasteiger partial charge in [0.05, 0.1) is 12.0 Å². The number of carbonyl (C=O) groups excluding carboxylic acids is 1. The maximum Gasteiger partial charge on any atom is 0.306 e. The summed E-state index contributed by atoms with van der Waals surface area (Å²) < 4.78 is 0. The minimum absolute atomic E-state index is 0.142. The number of rotatable bonds is 5. The number of Topliss-reactive ketones (excluding diaryl/α,β-unsaturated/α-hetero) is 1. The van der Waals surface area contributed by atoms with E-state index in [2.05, 4.69) is 10.2 Å². The molecule has 1 atom stereocenters. The predicted octanol–water partition coefficient (Wildman–Crippen LogP) is 2.41. The summed E-state index contributed by atoms with van der Waals surface area (Å²) in [6, 6.07) is 5.78. The van der Waals surface area contributed by atoms with Crippen LogP contribution in [0.5, 0.6) is 0 Å². The van der Waals surface area contributed by atoms with Crippen molar-refractivity contribution in [3.05, 3.63) is 29.3 Å². The first kappa shape index (κ1) is 16.0. The van der Waals surface area contributed by atoms with Gasteiger partial charge in [-0.2, -0.15) is 0 Å². The molecule has 124 valence electrons. The van der Waals surface area contributed by atoms with Gasteiger partial charge >= 0.3 is 5.97 Å². The predicted molar refractivity (Wildman–Crippen MR) is 89.0 cm³/mol.